The molecule has 128 valence electrons. The van der Waals surface area contributed by atoms with Crippen molar-refractivity contribution in [2.75, 3.05) is 13.7 Å². The lowest BCUT2D eigenvalue weighted by molar-refractivity contribution is -0.122. The molecule has 1 fully saturated rings. The first kappa shape index (κ1) is 17.3. The number of methoxy groups -OCH3 is 1. The molecule has 1 aliphatic rings. The second-order valence-corrected chi connectivity index (χ2v) is 6.67. The third-order valence-electron chi connectivity index (χ3n) is 3.88. The molecule has 4 nitrogen and oxygen atoms in total. The number of thioether (sulfide) groups is 1. The van der Waals surface area contributed by atoms with Crippen LogP contribution in [0, 0.1) is 6.92 Å². The van der Waals surface area contributed by atoms with Crippen LogP contribution in [-0.2, 0) is 4.79 Å². The Morgan fingerprint density at radius 1 is 1.12 bits per heavy atom. The molecule has 2 aromatic rings. The van der Waals surface area contributed by atoms with Gasteiger partial charge in [0.15, 0.2) is 5.17 Å². The molecule has 0 N–H and O–H groups in total. The zero-order valence-electron chi connectivity index (χ0n) is 14.5. The van der Waals surface area contributed by atoms with E-state index >= 15 is 0 Å². The summed E-state index contributed by atoms with van der Waals surface area (Å²) in [6.45, 7) is 4.59. The summed E-state index contributed by atoms with van der Waals surface area (Å²) >= 11 is 1.41. The first-order chi connectivity index (χ1) is 12.1. The van der Waals surface area contributed by atoms with Crippen LogP contribution in [0.15, 0.2) is 58.4 Å². The second-order valence-electron chi connectivity index (χ2n) is 5.66. The fourth-order valence-corrected chi connectivity index (χ4v) is 3.51. The molecule has 0 atom stereocenters. The number of hydrogen-bond acceptors (Lipinski definition) is 4. The van der Waals surface area contributed by atoms with Crippen molar-refractivity contribution in [2.45, 2.75) is 13.8 Å². The lowest BCUT2D eigenvalue weighted by Crippen LogP contribution is -2.28. The Labute approximate surface area is 152 Å². The third kappa shape index (κ3) is 3.94. The van der Waals surface area contributed by atoms with E-state index in [0.717, 1.165) is 17.0 Å². The molecule has 0 unspecified atom stereocenters. The summed E-state index contributed by atoms with van der Waals surface area (Å²) in [5.41, 5.74) is 3.01. The normalized spacial score (nSPS) is 17.6. The molecule has 0 saturated carbocycles. The molecule has 1 saturated heterocycles. The molecule has 3 rings (SSSR count). The molecule has 0 spiro atoms. The van der Waals surface area contributed by atoms with Gasteiger partial charge in [0.25, 0.3) is 5.91 Å². The molecular formula is C20H20N2O2S. The summed E-state index contributed by atoms with van der Waals surface area (Å²) in [6, 6.07) is 15.6. The average Bonchev–Trinajstić information content (AvgIpc) is 2.92. The number of aliphatic imine (C=N–C) groups is 1. The average molecular weight is 352 g/mol. The maximum Gasteiger partial charge on any atom is 0.266 e. The Balaban J connectivity index is 1.88. The Kier molecular flexibility index (Phi) is 5.24. The van der Waals surface area contributed by atoms with Gasteiger partial charge in [0.2, 0.25) is 0 Å². The van der Waals surface area contributed by atoms with E-state index in [4.69, 9.17) is 4.74 Å². The van der Waals surface area contributed by atoms with E-state index in [0.29, 0.717) is 16.6 Å². The van der Waals surface area contributed by atoms with Crippen LogP contribution in [0.2, 0.25) is 0 Å². The van der Waals surface area contributed by atoms with Crippen molar-refractivity contribution in [1.29, 1.82) is 0 Å². The minimum absolute atomic E-state index is 0.000312. The molecule has 5 heteroatoms. The number of carbonyl (C=O) groups excluding carboxylic acids is 1. The van der Waals surface area contributed by atoms with Gasteiger partial charge in [0, 0.05) is 6.54 Å². The Bertz CT molecular complexity index is 824. The SMILES string of the molecule is CCN1C(=O)/C(=C/c2ccc(C)cc2)S/C1=N/c1ccc(OC)cc1. The maximum atomic E-state index is 12.6. The van der Waals surface area contributed by atoms with Gasteiger partial charge in [-0.2, -0.15) is 0 Å². The molecule has 2 aromatic carbocycles. The fraction of sp³-hybridized carbons (Fsp3) is 0.200. The number of hydrogen-bond donors (Lipinski definition) is 0. The van der Waals surface area contributed by atoms with Gasteiger partial charge in [-0.25, -0.2) is 4.99 Å². The Hall–Kier alpha value is -2.53. The van der Waals surface area contributed by atoms with E-state index in [1.54, 1.807) is 12.0 Å². The fourth-order valence-electron chi connectivity index (χ4n) is 2.45. The van der Waals surface area contributed by atoms with E-state index in [1.807, 2.05) is 68.5 Å². The standard InChI is InChI=1S/C20H20N2O2S/c1-4-22-19(23)18(13-15-7-5-14(2)6-8-15)25-20(22)21-16-9-11-17(24-3)12-10-16/h5-13H,4H2,1-3H3/b18-13-,21-20+. The monoisotopic (exact) mass is 352 g/mol. The third-order valence-corrected chi connectivity index (χ3v) is 4.88. The van der Waals surface area contributed by atoms with Gasteiger partial charge in [0.05, 0.1) is 17.7 Å². The lowest BCUT2D eigenvalue weighted by Gasteiger charge is -2.12. The molecule has 1 heterocycles. The van der Waals surface area contributed by atoms with Crippen molar-refractivity contribution in [3.63, 3.8) is 0 Å². The van der Waals surface area contributed by atoms with Crippen molar-refractivity contribution in [1.82, 2.24) is 4.90 Å². The number of likely N-dealkylation sites (N-methyl/N-ethyl adjacent to an activating group) is 1. The largest absolute Gasteiger partial charge is 0.497 e. The number of benzene rings is 2. The van der Waals surface area contributed by atoms with Gasteiger partial charge >= 0.3 is 0 Å². The minimum atomic E-state index is 0.000312. The number of ether oxygens (including phenoxy) is 1. The highest BCUT2D eigenvalue weighted by molar-refractivity contribution is 8.18. The summed E-state index contributed by atoms with van der Waals surface area (Å²) in [4.78, 5) is 19.7. The smallest absolute Gasteiger partial charge is 0.266 e. The van der Waals surface area contributed by atoms with Crippen LogP contribution < -0.4 is 4.74 Å². The van der Waals surface area contributed by atoms with Crippen LogP contribution in [0.3, 0.4) is 0 Å². The summed E-state index contributed by atoms with van der Waals surface area (Å²) in [6.07, 6.45) is 1.92. The second kappa shape index (κ2) is 7.57. The highest BCUT2D eigenvalue weighted by Gasteiger charge is 2.32. The van der Waals surface area contributed by atoms with Crippen molar-refractivity contribution >= 4 is 34.6 Å². The maximum absolute atomic E-state index is 12.6. The quantitative estimate of drug-likeness (QED) is 0.754. The molecule has 25 heavy (non-hydrogen) atoms. The number of rotatable bonds is 4. The van der Waals surface area contributed by atoms with Crippen LogP contribution in [-0.4, -0.2) is 29.6 Å². The molecular weight excluding hydrogens is 332 g/mol. The van der Waals surface area contributed by atoms with E-state index in [2.05, 4.69) is 4.99 Å². The molecule has 1 amide bonds. The predicted octanol–water partition coefficient (Wildman–Crippen LogP) is 4.63. The van der Waals surface area contributed by atoms with Gasteiger partial charge in [0.1, 0.15) is 5.75 Å². The van der Waals surface area contributed by atoms with E-state index < -0.39 is 0 Å². The number of carbonyl (C=O) groups is 1. The molecule has 1 aliphatic heterocycles. The van der Waals surface area contributed by atoms with Crippen molar-refractivity contribution < 1.29 is 9.53 Å². The number of amides is 1. The summed E-state index contributed by atoms with van der Waals surface area (Å²) in [5.74, 6) is 0.784. The number of amidine groups is 1. The van der Waals surface area contributed by atoms with E-state index in [1.165, 1.54) is 17.3 Å². The summed E-state index contributed by atoms with van der Waals surface area (Å²) < 4.78 is 5.16. The van der Waals surface area contributed by atoms with E-state index in [9.17, 15) is 4.79 Å². The zero-order valence-corrected chi connectivity index (χ0v) is 15.3. The molecule has 0 radical (unpaired) electrons. The van der Waals surface area contributed by atoms with Crippen LogP contribution in [0.25, 0.3) is 6.08 Å². The van der Waals surface area contributed by atoms with Crippen LogP contribution >= 0.6 is 11.8 Å². The first-order valence-electron chi connectivity index (χ1n) is 8.11. The van der Waals surface area contributed by atoms with Crippen LogP contribution in [0.1, 0.15) is 18.1 Å². The molecule has 0 aliphatic carbocycles. The Morgan fingerprint density at radius 2 is 1.80 bits per heavy atom. The van der Waals surface area contributed by atoms with Crippen molar-refractivity contribution in [3.8, 4) is 5.75 Å². The van der Waals surface area contributed by atoms with Gasteiger partial charge in [-0.05, 0) is 61.5 Å². The van der Waals surface area contributed by atoms with Gasteiger partial charge in [-0.15, -0.1) is 0 Å². The lowest BCUT2D eigenvalue weighted by atomic mass is 10.1. The molecule has 0 bridgehead atoms. The van der Waals surface area contributed by atoms with Crippen molar-refractivity contribution in [2.24, 2.45) is 4.99 Å². The van der Waals surface area contributed by atoms with Crippen LogP contribution in [0.5, 0.6) is 5.75 Å². The van der Waals surface area contributed by atoms with Gasteiger partial charge < -0.3 is 4.74 Å². The first-order valence-corrected chi connectivity index (χ1v) is 8.93. The summed E-state index contributed by atoms with van der Waals surface area (Å²) in [5, 5.41) is 0.705. The Morgan fingerprint density at radius 3 is 2.40 bits per heavy atom. The zero-order chi connectivity index (χ0) is 17.8. The van der Waals surface area contributed by atoms with Crippen molar-refractivity contribution in [3.05, 3.63) is 64.6 Å². The highest BCUT2D eigenvalue weighted by atomic mass is 32.2. The predicted molar refractivity (Wildman–Crippen MR) is 104 cm³/mol. The van der Waals surface area contributed by atoms with Gasteiger partial charge in [-0.3, -0.25) is 9.69 Å². The van der Waals surface area contributed by atoms with Gasteiger partial charge in [-0.1, -0.05) is 29.8 Å². The molecule has 0 aromatic heterocycles. The number of nitrogens with zero attached hydrogens (tertiary/aromatic N) is 2. The number of aryl methyl sites for hydroxylation is 1. The topological polar surface area (TPSA) is 41.9 Å². The minimum Gasteiger partial charge on any atom is -0.497 e. The summed E-state index contributed by atoms with van der Waals surface area (Å²) in [7, 11) is 1.63. The van der Waals surface area contributed by atoms with Crippen LogP contribution in [0.4, 0.5) is 5.69 Å². The van der Waals surface area contributed by atoms with E-state index in [-0.39, 0.29) is 5.91 Å². The highest BCUT2D eigenvalue weighted by Crippen LogP contribution is 2.34.